The number of hydrogen-bond acceptors (Lipinski definition) is 6. The molecule has 20 heavy (non-hydrogen) atoms. The van der Waals surface area contributed by atoms with Gasteiger partial charge in [-0.3, -0.25) is 0 Å². The van der Waals surface area contributed by atoms with Gasteiger partial charge in [0, 0.05) is 19.2 Å². The van der Waals surface area contributed by atoms with Crippen LogP contribution in [0.5, 0.6) is 0 Å². The molecular weight excluding hydrogens is 254 g/mol. The van der Waals surface area contributed by atoms with Crippen molar-refractivity contribution in [2.24, 2.45) is 11.3 Å². The van der Waals surface area contributed by atoms with Gasteiger partial charge in [-0.15, -0.1) is 0 Å². The molecule has 1 aliphatic rings. The van der Waals surface area contributed by atoms with Gasteiger partial charge in [0.25, 0.3) is 0 Å². The van der Waals surface area contributed by atoms with Gasteiger partial charge in [0.15, 0.2) is 5.82 Å². The highest BCUT2D eigenvalue weighted by molar-refractivity contribution is 5.46. The van der Waals surface area contributed by atoms with E-state index in [1.807, 2.05) is 13.0 Å². The van der Waals surface area contributed by atoms with Gasteiger partial charge in [-0.1, -0.05) is 19.8 Å². The molecule has 0 unspecified atom stereocenters. The van der Waals surface area contributed by atoms with E-state index in [9.17, 15) is 0 Å². The SMILES string of the molecule is CCOCc1nc(NN)cc(NCC2(C)CCCC2)n1. The third kappa shape index (κ3) is 4.05. The number of rotatable bonds is 7. The van der Waals surface area contributed by atoms with Gasteiger partial charge in [-0.05, 0) is 25.2 Å². The molecule has 0 radical (unpaired) electrons. The summed E-state index contributed by atoms with van der Waals surface area (Å²) in [6, 6.07) is 1.83. The molecule has 0 amide bonds. The summed E-state index contributed by atoms with van der Waals surface area (Å²) in [5.74, 6) is 7.50. The van der Waals surface area contributed by atoms with E-state index in [0.717, 1.165) is 12.4 Å². The van der Waals surface area contributed by atoms with Crippen molar-refractivity contribution in [3.63, 3.8) is 0 Å². The van der Waals surface area contributed by atoms with Gasteiger partial charge in [-0.25, -0.2) is 15.8 Å². The average molecular weight is 279 g/mol. The van der Waals surface area contributed by atoms with Gasteiger partial charge in [-0.2, -0.15) is 0 Å². The van der Waals surface area contributed by atoms with Crippen molar-refractivity contribution < 1.29 is 4.74 Å². The van der Waals surface area contributed by atoms with Gasteiger partial charge in [0.2, 0.25) is 0 Å². The first kappa shape index (κ1) is 15.0. The number of anilines is 2. The summed E-state index contributed by atoms with van der Waals surface area (Å²) in [5, 5.41) is 3.42. The van der Waals surface area contributed by atoms with Crippen LogP contribution in [0.4, 0.5) is 11.6 Å². The number of nitrogens with zero attached hydrogens (tertiary/aromatic N) is 2. The average Bonchev–Trinajstić information content (AvgIpc) is 2.90. The Morgan fingerprint density at radius 1 is 1.30 bits per heavy atom. The second-order valence-electron chi connectivity index (χ2n) is 5.71. The molecule has 1 aromatic rings. The van der Waals surface area contributed by atoms with Crippen LogP contribution in [-0.4, -0.2) is 23.1 Å². The van der Waals surface area contributed by atoms with E-state index < -0.39 is 0 Å². The predicted octanol–water partition coefficient (Wildman–Crippen LogP) is 2.29. The molecule has 4 N–H and O–H groups in total. The van der Waals surface area contributed by atoms with Crippen molar-refractivity contribution >= 4 is 11.6 Å². The van der Waals surface area contributed by atoms with Crippen LogP contribution in [0.15, 0.2) is 6.07 Å². The second-order valence-corrected chi connectivity index (χ2v) is 5.71. The Hall–Kier alpha value is -1.40. The zero-order valence-corrected chi connectivity index (χ0v) is 12.4. The first-order chi connectivity index (χ1) is 9.65. The minimum absolute atomic E-state index is 0.376. The van der Waals surface area contributed by atoms with Crippen LogP contribution in [0.1, 0.15) is 45.4 Å². The molecule has 0 saturated heterocycles. The topological polar surface area (TPSA) is 85.1 Å². The zero-order valence-electron chi connectivity index (χ0n) is 12.4. The Kier molecular flexibility index (Phi) is 5.14. The Labute approximate surface area is 120 Å². The van der Waals surface area contributed by atoms with Crippen molar-refractivity contribution in [3.8, 4) is 0 Å². The maximum atomic E-state index is 5.45. The monoisotopic (exact) mass is 279 g/mol. The Bertz CT molecular complexity index is 432. The summed E-state index contributed by atoms with van der Waals surface area (Å²) < 4.78 is 5.35. The first-order valence-electron chi connectivity index (χ1n) is 7.31. The molecule has 0 bridgehead atoms. The van der Waals surface area contributed by atoms with E-state index in [4.69, 9.17) is 10.6 Å². The highest BCUT2D eigenvalue weighted by Gasteiger charge is 2.28. The van der Waals surface area contributed by atoms with Gasteiger partial charge < -0.3 is 15.5 Å². The molecule has 0 spiro atoms. The van der Waals surface area contributed by atoms with Crippen molar-refractivity contribution in [2.75, 3.05) is 23.9 Å². The van der Waals surface area contributed by atoms with Crippen LogP contribution >= 0.6 is 0 Å². The standard InChI is InChI=1S/C14H25N5O/c1-3-20-9-13-17-11(8-12(18-13)19-15)16-10-14(2)6-4-5-7-14/h8H,3-7,9-10,15H2,1-2H3,(H2,16,17,18,19). The van der Waals surface area contributed by atoms with Crippen LogP contribution in [0.2, 0.25) is 0 Å². The Morgan fingerprint density at radius 3 is 2.65 bits per heavy atom. The molecule has 6 nitrogen and oxygen atoms in total. The summed E-state index contributed by atoms with van der Waals surface area (Å²) in [7, 11) is 0. The maximum Gasteiger partial charge on any atom is 0.158 e. The van der Waals surface area contributed by atoms with Crippen molar-refractivity contribution in [3.05, 3.63) is 11.9 Å². The minimum Gasteiger partial charge on any atom is -0.374 e. The molecule has 0 aromatic carbocycles. The second kappa shape index (κ2) is 6.85. The fourth-order valence-electron chi connectivity index (χ4n) is 2.63. The molecule has 112 valence electrons. The summed E-state index contributed by atoms with van der Waals surface area (Å²) in [4.78, 5) is 8.74. The van der Waals surface area contributed by atoms with Crippen LogP contribution in [-0.2, 0) is 11.3 Å². The number of ether oxygens (including phenoxy) is 1. The lowest BCUT2D eigenvalue weighted by Crippen LogP contribution is -2.24. The number of hydrogen-bond donors (Lipinski definition) is 3. The van der Waals surface area contributed by atoms with Crippen LogP contribution < -0.4 is 16.6 Å². The largest absolute Gasteiger partial charge is 0.374 e. The molecule has 6 heteroatoms. The number of nitrogens with two attached hydrogens (primary N) is 1. The number of aromatic nitrogens is 2. The maximum absolute atomic E-state index is 5.45. The molecular formula is C14H25N5O. The van der Waals surface area contributed by atoms with Crippen molar-refractivity contribution in [1.29, 1.82) is 0 Å². The third-order valence-corrected chi connectivity index (χ3v) is 3.86. The number of nitrogens with one attached hydrogen (secondary N) is 2. The molecule has 0 aliphatic heterocycles. The van der Waals surface area contributed by atoms with E-state index in [-0.39, 0.29) is 0 Å². The van der Waals surface area contributed by atoms with E-state index in [1.54, 1.807) is 0 Å². The lowest BCUT2D eigenvalue weighted by Gasteiger charge is -2.24. The molecule has 1 heterocycles. The highest BCUT2D eigenvalue weighted by Crippen LogP contribution is 2.37. The third-order valence-electron chi connectivity index (χ3n) is 3.86. The molecule has 1 aromatic heterocycles. The fourth-order valence-corrected chi connectivity index (χ4v) is 2.63. The van der Waals surface area contributed by atoms with Gasteiger partial charge in [0.05, 0.1) is 0 Å². The van der Waals surface area contributed by atoms with Gasteiger partial charge in [0.1, 0.15) is 18.2 Å². The quantitative estimate of drug-likeness (QED) is 0.524. The van der Waals surface area contributed by atoms with Crippen LogP contribution in [0.3, 0.4) is 0 Å². The first-order valence-corrected chi connectivity index (χ1v) is 7.31. The van der Waals surface area contributed by atoms with E-state index >= 15 is 0 Å². The number of hydrazine groups is 1. The summed E-state index contributed by atoms with van der Waals surface area (Å²) in [6.45, 7) is 6.26. The lowest BCUT2D eigenvalue weighted by molar-refractivity contribution is 0.128. The summed E-state index contributed by atoms with van der Waals surface area (Å²) in [6.07, 6.45) is 5.21. The fraction of sp³-hybridized carbons (Fsp3) is 0.714. The molecule has 0 atom stereocenters. The van der Waals surface area contributed by atoms with Crippen molar-refractivity contribution in [2.45, 2.75) is 46.1 Å². The van der Waals surface area contributed by atoms with Crippen LogP contribution in [0.25, 0.3) is 0 Å². The smallest absolute Gasteiger partial charge is 0.158 e. The molecule has 1 aliphatic carbocycles. The molecule has 2 rings (SSSR count). The normalized spacial score (nSPS) is 17.1. The van der Waals surface area contributed by atoms with Crippen molar-refractivity contribution in [1.82, 2.24) is 9.97 Å². The van der Waals surface area contributed by atoms with Crippen LogP contribution in [0, 0.1) is 5.41 Å². The Balaban J connectivity index is 2.01. The summed E-state index contributed by atoms with van der Waals surface area (Å²) >= 11 is 0. The van der Waals surface area contributed by atoms with E-state index in [2.05, 4.69) is 27.6 Å². The van der Waals surface area contributed by atoms with E-state index in [0.29, 0.717) is 30.3 Å². The predicted molar refractivity (Wildman–Crippen MR) is 80.2 cm³/mol. The van der Waals surface area contributed by atoms with E-state index in [1.165, 1.54) is 25.7 Å². The molecule has 1 fully saturated rings. The summed E-state index contributed by atoms with van der Waals surface area (Å²) in [5.41, 5.74) is 2.95. The van der Waals surface area contributed by atoms with Gasteiger partial charge >= 0.3 is 0 Å². The number of nitrogen functional groups attached to an aromatic ring is 1. The Morgan fingerprint density at radius 2 is 2.00 bits per heavy atom. The minimum atomic E-state index is 0.376. The zero-order chi connectivity index (χ0) is 14.4. The lowest BCUT2D eigenvalue weighted by atomic mass is 9.89. The molecule has 1 saturated carbocycles. The highest BCUT2D eigenvalue weighted by atomic mass is 16.5.